The first kappa shape index (κ1) is 13.8. The maximum atomic E-state index is 12.0. The van der Waals surface area contributed by atoms with Gasteiger partial charge in [-0.05, 0) is 37.5 Å². The molecule has 0 saturated carbocycles. The summed E-state index contributed by atoms with van der Waals surface area (Å²) < 4.78 is 36.0. The van der Waals surface area contributed by atoms with E-state index in [2.05, 4.69) is 5.32 Å². The van der Waals surface area contributed by atoms with Gasteiger partial charge in [0.05, 0.1) is 6.54 Å². The van der Waals surface area contributed by atoms with Crippen LogP contribution in [0.15, 0.2) is 18.2 Å². The van der Waals surface area contributed by atoms with Gasteiger partial charge < -0.3 is 10.4 Å². The summed E-state index contributed by atoms with van der Waals surface area (Å²) in [5.74, 6) is 0.172. The van der Waals surface area contributed by atoms with Crippen LogP contribution in [0.4, 0.5) is 13.2 Å². The van der Waals surface area contributed by atoms with Gasteiger partial charge in [-0.1, -0.05) is 12.1 Å². The Balaban J connectivity index is 2.56. The third-order valence-corrected chi connectivity index (χ3v) is 2.59. The molecule has 0 bridgehead atoms. The zero-order valence-corrected chi connectivity index (χ0v) is 9.80. The van der Waals surface area contributed by atoms with Gasteiger partial charge in [-0.3, -0.25) is 0 Å². The number of rotatable bonds is 4. The standard InChI is InChI=1S/C12H16F3NO/c1-8(16-7-12(13,14)15)6-10-4-3-5-11(17)9(10)2/h3-5,8,16-17H,6-7H2,1-2H3/t8-/m1/s1. The highest BCUT2D eigenvalue weighted by Crippen LogP contribution is 2.21. The molecule has 96 valence electrons. The Hall–Kier alpha value is -1.23. The fourth-order valence-corrected chi connectivity index (χ4v) is 1.58. The van der Waals surface area contributed by atoms with Gasteiger partial charge in [0.25, 0.3) is 0 Å². The van der Waals surface area contributed by atoms with Crippen LogP contribution in [0.25, 0.3) is 0 Å². The predicted molar refractivity (Wildman–Crippen MR) is 60.1 cm³/mol. The second kappa shape index (κ2) is 5.40. The summed E-state index contributed by atoms with van der Waals surface area (Å²) in [6.07, 6.45) is -3.74. The number of halogens is 3. The first-order chi connectivity index (χ1) is 7.79. The molecule has 0 aliphatic rings. The fraction of sp³-hybridized carbons (Fsp3) is 0.500. The van der Waals surface area contributed by atoms with E-state index in [1.807, 2.05) is 0 Å². The van der Waals surface area contributed by atoms with Crippen molar-refractivity contribution in [1.29, 1.82) is 0 Å². The third-order valence-electron chi connectivity index (χ3n) is 2.59. The molecule has 1 aromatic rings. The van der Waals surface area contributed by atoms with Crippen LogP contribution in [0.3, 0.4) is 0 Å². The first-order valence-corrected chi connectivity index (χ1v) is 5.37. The Morgan fingerprint density at radius 3 is 2.59 bits per heavy atom. The molecule has 0 aromatic heterocycles. The van der Waals surface area contributed by atoms with Crippen molar-refractivity contribution in [3.8, 4) is 5.75 Å². The van der Waals surface area contributed by atoms with Crippen LogP contribution in [0.1, 0.15) is 18.1 Å². The van der Waals surface area contributed by atoms with Gasteiger partial charge in [-0.25, -0.2) is 0 Å². The molecule has 0 unspecified atom stereocenters. The minimum Gasteiger partial charge on any atom is -0.508 e. The average Bonchev–Trinajstić information content (AvgIpc) is 2.21. The van der Waals surface area contributed by atoms with Gasteiger partial charge in [0.1, 0.15) is 5.75 Å². The Morgan fingerprint density at radius 1 is 1.35 bits per heavy atom. The molecule has 1 atom stereocenters. The Bertz CT molecular complexity index is 377. The highest BCUT2D eigenvalue weighted by atomic mass is 19.4. The third kappa shape index (κ3) is 4.65. The van der Waals surface area contributed by atoms with E-state index in [1.165, 1.54) is 0 Å². The lowest BCUT2D eigenvalue weighted by molar-refractivity contribution is -0.126. The van der Waals surface area contributed by atoms with Crippen molar-refractivity contribution < 1.29 is 18.3 Å². The van der Waals surface area contributed by atoms with Gasteiger partial charge in [0.2, 0.25) is 0 Å². The lowest BCUT2D eigenvalue weighted by atomic mass is 10.0. The summed E-state index contributed by atoms with van der Waals surface area (Å²) in [7, 11) is 0. The quantitative estimate of drug-likeness (QED) is 0.857. The highest BCUT2D eigenvalue weighted by Gasteiger charge is 2.27. The highest BCUT2D eigenvalue weighted by molar-refractivity contribution is 5.38. The zero-order chi connectivity index (χ0) is 13.1. The fourth-order valence-electron chi connectivity index (χ4n) is 1.58. The van der Waals surface area contributed by atoms with E-state index in [0.29, 0.717) is 12.0 Å². The number of alkyl halides is 3. The topological polar surface area (TPSA) is 32.3 Å². The van der Waals surface area contributed by atoms with E-state index in [4.69, 9.17) is 0 Å². The van der Waals surface area contributed by atoms with E-state index in [0.717, 1.165) is 5.56 Å². The molecular formula is C12H16F3NO. The molecule has 0 heterocycles. The molecule has 0 aliphatic carbocycles. The Morgan fingerprint density at radius 2 is 2.00 bits per heavy atom. The molecule has 2 N–H and O–H groups in total. The van der Waals surface area contributed by atoms with Crippen LogP contribution in [0, 0.1) is 6.92 Å². The molecule has 0 aliphatic heterocycles. The Labute approximate surface area is 98.5 Å². The molecule has 2 nitrogen and oxygen atoms in total. The van der Waals surface area contributed by atoms with E-state index in [-0.39, 0.29) is 11.8 Å². The van der Waals surface area contributed by atoms with Crippen LogP contribution in [0.2, 0.25) is 0 Å². The summed E-state index contributed by atoms with van der Waals surface area (Å²) in [6.45, 7) is 2.45. The number of benzene rings is 1. The second-order valence-electron chi connectivity index (χ2n) is 4.16. The summed E-state index contributed by atoms with van der Waals surface area (Å²) in [4.78, 5) is 0. The molecule has 17 heavy (non-hydrogen) atoms. The lowest BCUT2D eigenvalue weighted by Gasteiger charge is -2.17. The largest absolute Gasteiger partial charge is 0.508 e. The van der Waals surface area contributed by atoms with Crippen LogP contribution in [-0.2, 0) is 6.42 Å². The van der Waals surface area contributed by atoms with Crippen LogP contribution in [-0.4, -0.2) is 23.9 Å². The van der Waals surface area contributed by atoms with Crippen molar-refractivity contribution in [2.24, 2.45) is 0 Å². The number of nitrogens with one attached hydrogen (secondary N) is 1. The Kier molecular flexibility index (Phi) is 4.40. The number of hydrogen-bond donors (Lipinski definition) is 2. The molecule has 0 saturated heterocycles. The van der Waals surface area contributed by atoms with Crippen LogP contribution < -0.4 is 5.32 Å². The van der Waals surface area contributed by atoms with E-state index < -0.39 is 12.7 Å². The smallest absolute Gasteiger partial charge is 0.401 e. The van der Waals surface area contributed by atoms with Gasteiger partial charge in [-0.15, -0.1) is 0 Å². The number of aromatic hydroxyl groups is 1. The number of phenols is 1. The summed E-state index contributed by atoms with van der Waals surface area (Å²) in [6, 6.07) is 4.76. The van der Waals surface area contributed by atoms with Crippen molar-refractivity contribution in [3.63, 3.8) is 0 Å². The van der Waals surface area contributed by atoms with Crippen LogP contribution in [0.5, 0.6) is 5.75 Å². The second-order valence-corrected chi connectivity index (χ2v) is 4.16. The minimum atomic E-state index is -4.19. The number of phenolic OH excluding ortho intramolecular Hbond substituents is 1. The predicted octanol–water partition coefficient (Wildman–Crippen LogP) is 2.78. The van der Waals surface area contributed by atoms with Gasteiger partial charge in [0.15, 0.2) is 0 Å². The SMILES string of the molecule is Cc1c(O)cccc1C[C@@H](C)NCC(F)(F)F. The first-order valence-electron chi connectivity index (χ1n) is 5.37. The van der Waals surface area contributed by atoms with Crippen LogP contribution >= 0.6 is 0 Å². The molecule has 1 aromatic carbocycles. The van der Waals surface area contributed by atoms with Crippen molar-refractivity contribution in [1.82, 2.24) is 5.32 Å². The summed E-state index contributed by atoms with van der Waals surface area (Å²) >= 11 is 0. The van der Waals surface area contributed by atoms with Crippen molar-refractivity contribution in [2.45, 2.75) is 32.5 Å². The molecule has 5 heteroatoms. The molecular weight excluding hydrogens is 231 g/mol. The summed E-state index contributed by atoms with van der Waals surface area (Å²) in [5, 5.41) is 11.9. The zero-order valence-electron chi connectivity index (χ0n) is 9.80. The molecule has 0 fully saturated rings. The van der Waals surface area contributed by atoms with E-state index in [9.17, 15) is 18.3 Å². The van der Waals surface area contributed by atoms with Gasteiger partial charge in [0, 0.05) is 6.04 Å². The van der Waals surface area contributed by atoms with Gasteiger partial charge in [-0.2, -0.15) is 13.2 Å². The van der Waals surface area contributed by atoms with Crippen molar-refractivity contribution in [2.75, 3.05) is 6.54 Å². The van der Waals surface area contributed by atoms with Crippen molar-refractivity contribution >= 4 is 0 Å². The molecule has 0 radical (unpaired) electrons. The van der Waals surface area contributed by atoms with Gasteiger partial charge >= 0.3 is 6.18 Å². The molecule has 1 rings (SSSR count). The monoisotopic (exact) mass is 247 g/mol. The lowest BCUT2D eigenvalue weighted by Crippen LogP contribution is -2.36. The molecule has 0 amide bonds. The van der Waals surface area contributed by atoms with E-state index >= 15 is 0 Å². The average molecular weight is 247 g/mol. The minimum absolute atomic E-state index is 0.172. The van der Waals surface area contributed by atoms with Crippen molar-refractivity contribution in [3.05, 3.63) is 29.3 Å². The maximum absolute atomic E-state index is 12.0. The number of hydrogen-bond acceptors (Lipinski definition) is 2. The molecule has 0 spiro atoms. The summed E-state index contributed by atoms with van der Waals surface area (Å²) in [5.41, 5.74) is 1.57. The normalized spacial score (nSPS) is 13.7. The maximum Gasteiger partial charge on any atom is 0.401 e. The van der Waals surface area contributed by atoms with E-state index in [1.54, 1.807) is 32.0 Å².